The van der Waals surface area contributed by atoms with E-state index in [9.17, 15) is 4.79 Å². The van der Waals surface area contributed by atoms with E-state index in [0.717, 1.165) is 28.0 Å². The summed E-state index contributed by atoms with van der Waals surface area (Å²) in [5.41, 5.74) is 2.93. The minimum Gasteiger partial charge on any atom is -0.347 e. The van der Waals surface area contributed by atoms with Gasteiger partial charge in [-0.15, -0.1) is 0 Å². The molecule has 0 saturated heterocycles. The van der Waals surface area contributed by atoms with Crippen LogP contribution in [-0.2, 0) is 24.9 Å². The molecule has 0 unspecified atom stereocenters. The monoisotopic (exact) mass is 351 g/mol. The highest BCUT2D eigenvalue weighted by molar-refractivity contribution is 9.10. The Morgan fingerprint density at radius 1 is 1.43 bits per heavy atom. The van der Waals surface area contributed by atoms with E-state index < -0.39 is 0 Å². The normalized spacial score (nSPS) is 11.2. The molecule has 0 spiro atoms. The smallest absolute Gasteiger partial charge is 0.244 e. The van der Waals surface area contributed by atoms with Gasteiger partial charge in [-0.1, -0.05) is 0 Å². The minimum absolute atomic E-state index is 0.147. The molecule has 1 N–H and O–H groups in total. The van der Waals surface area contributed by atoms with Gasteiger partial charge in [-0.25, -0.2) is 0 Å². The van der Waals surface area contributed by atoms with E-state index in [4.69, 9.17) is 0 Å². The second-order valence-corrected chi connectivity index (χ2v) is 5.47. The fraction of sp³-hybridized carbons (Fsp3) is 0.357. The van der Waals surface area contributed by atoms with Crippen molar-refractivity contribution in [1.29, 1.82) is 0 Å². The summed E-state index contributed by atoms with van der Waals surface area (Å²) in [6.07, 6.45) is 6.77. The predicted octanol–water partition coefficient (Wildman–Crippen LogP) is 2.04. The number of halogens is 1. The van der Waals surface area contributed by atoms with Crippen molar-refractivity contribution in [1.82, 2.24) is 24.9 Å². The lowest BCUT2D eigenvalue weighted by molar-refractivity contribution is -0.116. The van der Waals surface area contributed by atoms with Crippen LogP contribution in [0.1, 0.15) is 23.9 Å². The Balaban J connectivity index is 1.95. The maximum Gasteiger partial charge on any atom is 0.244 e. The lowest BCUT2D eigenvalue weighted by Gasteiger charge is -2.04. The standard InChI is InChI=1S/C14H18BrN5O/c1-4-20-10(2)11(7-18-20)5-6-14(21)16-9-13-12(15)8-17-19(13)3/h5-8H,4,9H2,1-3H3,(H,16,21)/b6-5+. The number of aromatic nitrogens is 4. The Labute approximate surface area is 132 Å². The first-order valence-electron chi connectivity index (χ1n) is 6.67. The third kappa shape index (κ3) is 3.60. The molecule has 0 radical (unpaired) electrons. The van der Waals surface area contributed by atoms with Gasteiger partial charge >= 0.3 is 0 Å². The van der Waals surface area contributed by atoms with Crippen LogP contribution >= 0.6 is 15.9 Å². The molecule has 0 atom stereocenters. The first-order chi connectivity index (χ1) is 10.0. The van der Waals surface area contributed by atoms with E-state index >= 15 is 0 Å². The van der Waals surface area contributed by atoms with Crippen molar-refractivity contribution in [2.24, 2.45) is 7.05 Å². The number of hydrogen-bond donors (Lipinski definition) is 1. The van der Waals surface area contributed by atoms with Crippen LogP contribution in [0, 0.1) is 6.92 Å². The molecule has 0 fully saturated rings. The molecular formula is C14H18BrN5O. The maximum atomic E-state index is 11.9. The number of rotatable bonds is 5. The van der Waals surface area contributed by atoms with Crippen molar-refractivity contribution in [3.8, 4) is 0 Å². The predicted molar refractivity (Wildman–Crippen MR) is 84.4 cm³/mol. The molecule has 0 aromatic carbocycles. The fourth-order valence-electron chi connectivity index (χ4n) is 1.97. The number of nitrogens with one attached hydrogen (secondary N) is 1. The Hall–Kier alpha value is -1.89. The van der Waals surface area contributed by atoms with Gasteiger partial charge in [0.2, 0.25) is 5.91 Å². The van der Waals surface area contributed by atoms with Crippen LogP contribution in [0.2, 0.25) is 0 Å². The van der Waals surface area contributed by atoms with E-state index in [1.807, 2.05) is 25.6 Å². The van der Waals surface area contributed by atoms with Gasteiger partial charge in [-0.3, -0.25) is 14.2 Å². The molecule has 2 rings (SSSR count). The van der Waals surface area contributed by atoms with Crippen LogP contribution in [0.3, 0.4) is 0 Å². The first-order valence-corrected chi connectivity index (χ1v) is 7.47. The zero-order chi connectivity index (χ0) is 15.4. The molecule has 0 aliphatic carbocycles. The van der Waals surface area contributed by atoms with Gasteiger partial charge in [-0.05, 0) is 35.9 Å². The molecule has 7 heteroatoms. The van der Waals surface area contributed by atoms with Crippen LogP contribution in [0.5, 0.6) is 0 Å². The van der Waals surface area contributed by atoms with Gasteiger partial charge in [0.15, 0.2) is 0 Å². The summed E-state index contributed by atoms with van der Waals surface area (Å²) in [4.78, 5) is 11.9. The van der Waals surface area contributed by atoms with Crippen LogP contribution in [0.4, 0.5) is 0 Å². The SMILES string of the molecule is CCn1ncc(/C=C/C(=O)NCc2c(Br)cnn2C)c1C. The zero-order valence-corrected chi connectivity index (χ0v) is 13.9. The van der Waals surface area contributed by atoms with Crippen LogP contribution < -0.4 is 5.32 Å². The lowest BCUT2D eigenvalue weighted by Crippen LogP contribution is -2.22. The highest BCUT2D eigenvalue weighted by atomic mass is 79.9. The van der Waals surface area contributed by atoms with Crippen molar-refractivity contribution in [2.75, 3.05) is 0 Å². The van der Waals surface area contributed by atoms with E-state index in [0.29, 0.717) is 6.54 Å². The summed E-state index contributed by atoms with van der Waals surface area (Å²) in [6.45, 7) is 5.26. The van der Waals surface area contributed by atoms with Crippen LogP contribution in [0.25, 0.3) is 6.08 Å². The maximum absolute atomic E-state index is 11.9. The Morgan fingerprint density at radius 2 is 2.19 bits per heavy atom. The minimum atomic E-state index is -0.147. The van der Waals surface area contributed by atoms with Crippen LogP contribution in [-0.4, -0.2) is 25.5 Å². The van der Waals surface area contributed by atoms with Crippen LogP contribution in [0.15, 0.2) is 22.9 Å². The van der Waals surface area contributed by atoms with E-state index in [-0.39, 0.29) is 5.91 Å². The number of hydrogen-bond acceptors (Lipinski definition) is 3. The quantitative estimate of drug-likeness (QED) is 0.838. The summed E-state index contributed by atoms with van der Waals surface area (Å²) in [6, 6.07) is 0. The highest BCUT2D eigenvalue weighted by Gasteiger charge is 2.07. The van der Waals surface area contributed by atoms with Gasteiger partial charge in [0, 0.05) is 30.9 Å². The average molecular weight is 352 g/mol. The van der Waals surface area contributed by atoms with Crippen molar-refractivity contribution >= 4 is 27.9 Å². The number of nitrogens with zero attached hydrogens (tertiary/aromatic N) is 4. The van der Waals surface area contributed by atoms with Gasteiger partial charge < -0.3 is 5.32 Å². The van der Waals surface area contributed by atoms with Crippen molar-refractivity contribution in [3.63, 3.8) is 0 Å². The summed E-state index contributed by atoms with van der Waals surface area (Å²) in [5, 5.41) is 11.2. The molecule has 6 nitrogen and oxygen atoms in total. The Bertz CT molecular complexity index is 651. The average Bonchev–Trinajstić information content (AvgIpc) is 2.98. The van der Waals surface area contributed by atoms with Crippen molar-refractivity contribution < 1.29 is 4.79 Å². The molecule has 2 aromatic heterocycles. The summed E-state index contributed by atoms with van der Waals surface area (Å²) in [7, 11) is 1.84. The molecule has 21 heavy (non-hydrogen) atoms. The number of aryl methyl sites for hydroxylation is 2. The molecule has 112 valence electrons. The van der Waals surface area contributed by atoms with E-state index in [1.165, 1.54) is 6.08 Å². The van der Waals surface area contributed by atoms with Gasteiger partial charge in [0.25, 0.3) is 0 Å². The first kappa shape index (κ1) is 15.5. The molecule has 0 saturated carbocycles. The van der Waals surface area contributed by atoms with E-state index in [2.05, 4.69) is 31.4 Å². The summed E-state index contributed by atoms with van der Waals surface area (Å²) < 4.78 is 4.50. The zero-order valence-electron chi connectivity index (χ0n) is 12.3. The lowest BCUT2D eigenvalue weighted by atomic mass is 10.2. The van der Waals surface area contributed by atoms with E-state index in [1.54, 1.807) is 23.2 Å². The number of carbonyl (C=O) groups is 1. The second kappa shape index (κ2) is 6.71. The molecular weight excluding hydrogens is 334 g/mol. The molecule has 0 aliphatic heterocycles. The molecule has 0 bridgehead atoms. The Kier molecular flexibility index (Phi) is 4.95. The number of amides is 1. The summed E-state index contributed by atoms with van der Waals surface area (Å²) in [5.74, 6) is -0.147. The largest absolute Gasteiger partial charge is 0.347 e. The highest BCUT2D eigenvalue weighted by Crippen LogP contribution is 2.14. The van der Waals surface area contributed by atoms with Gasteiger partial charge in [-0.2, -0.15) is 10.2 Å². The molecule has 2 heterocycles. The third-order valence-electron chi connectivity index (χ3n) is 3.30. The fourth-order valence-corrected chi connectivity index (χ4v) is 2.46. The Morgan fingerprint density at radius 3 is 2.76 bits per heavy atom. The van der Waals surface area contributed by atoms with Crippen molar-refractivity contribution in [3.05, 3.63) is 39.9 Å². The van der Waals surface area contributed by atoms with Crippen molar-refractivity contribution in [2.45, 2.75) is 26.9 Å². The second-order valence-electron chi connectivity index (χ2n) is 4.62. The topological polar surface area (TPSA) is 64.7 Å². The van der Waals surface area contributed by atoms with Gasteiger partial charge in [0.05, 0.1) is 29.1 Å². The molecule has 2 aromatic rings. The molecule has 0 aliphatic rings. The molecule has 1 amide bonds. The van der Waals surface area contributed by atoms with Gasteiger partial charge in [0.1, 0.15) is 0 Å². The summed E-state index contributed by atoms with van der Waals surface area (Å²) >= 11 is 3.40. The third-order valence-corrected chi connectivity index (χ3v) is 3.96. The number of carbonyl (C=O) groups excluding carboxylic acids is 1.